The highest BCUT2D eigenvalue weighted by molar-refractivity contribution is 7.98. The van der Waals surface area contributed by atoms with Crippen LogP contribution in [0.2, 0.25) is 0 Å². The van der Waals surface area contributed by atoms with Gasteiger partial charge in [0, 0.05) is 10.5 Å². The number of para-hydroxylation sites is 1. The smallest absolute Gasteiger partial charge is 0.255 e. The zero-order valence-electron chi connectivity index (χ0n) is 18.2. The van der Waals surface area contributed by atoms with Gasteiger partial charge in [-0.25, -0.2) is 8.42 Å². The average molecular weight is 471 g/mol. The van der Waals surface area contributed by atoms with Crippen molar-refractivity contribution in [3.05, 3.63) is 83.9 Å². The van der Waals surface area contributed by atoms with Crippen molar-refractivity contribution >= 4 is 39.1 Å². The van der Waals surface area contributed by atoms with E-state index >= 15 is 0 Å². The zero-order valence-corrected chi connectivity index (χ0v) is 19.9. The van der Waals surface area contributed by atoms with Gasteiger partial charge in [0.2, 0.25) is 10.0 Å². The molecule has 0 spiro atoms. The van der Waals surface area contributed by atoms with E-state index in [1.54, 1.807) is 60.3 Å². The van der Waals surface area contributed by atoms with E-state index in [4.69, 9.17) is 4.74 Å². The molecule has 0 aliphatic heterocycles. The Labute approximate surface area is 193 Å². The second-order valence-electron chi connectivity index (χ2n) is 7.05. The number of amides is 1. The summed E-state index contributed by atoms with van der Waals surface area (Å²) in [5, 5.41) is 2.93. The number of anilines is 2. The van der Waals surface area contributed by atoms with Crippen LogP contribution in [-0.4, -0.2) is 33.4 Å². The second-order valence-corrected chi connectivity index (χ2v) is 9.80. The normalized spacial score (nSPS) is 11.1. The molecule has 168 valence electrons. The Morgan fingerprint density at radius 2 is 1.66 bits per heavy atom. The van der Waals surface area contributed by atoms with E-state index < -0.39 is 10.0 Å². The summed E-state index contributed by atoms with van der Waals surface area (Å²) in [6, 6.07) is 21.5. The van der Waals surface area contributed by atoms with Gasteiger partial charge in [0.05, 0.1) is 30.8 Å². The van der Waals surface area contributed by atoms with Crippen LogP contribution in [0.15, 0.2) is 77.7 Å². The molecule has 3 rings (SSSR count). The number of benzene rings is 3. The molecule has 0 saturated heterocycles. The lowest BCUT2D eigenvalue weighted by atomic mass is 10.1. The molecule has 32 heavy (non-hydrogen) atoms. The molecule has 3 aromatic rings. The molecule has 0 radical (unpaired) electrons. The van der Waals surface area contributed by atoms with Gasteiger partial charge in [-0.1, -0.05) is 24.3 Å². The molecule has 0 saturated carbocycles. The van der Waals surface area contributed by atoms with E-state index in [-0.39, 0.29) is 12.5 Å². The fourth-order valence-electron chi connectivity index (χ4n) is 3.15. The first-order valence-corrected chi connectivity index (χ1v) is 13.1. The van der Waals surface area contributed by atoms with Crippen LogP contribution < -0.4 is 14.4 Å². The van der Waals surface area contributed by atoms with E-state index in [9.17, 15) is 13.2 Å². The average Bonchev–Trinajstić information content (AvgIpc) is 2.78. The lowest BCUT2D eigenvalue weighted by molar-refractivity contribution is 0.102. The summed E-state index contributed by atoms with van der Waals surface area (Å²) in [6.07, 6.45) is 3.13. The van der Waals surface area contributed by atoms with Gasteiger partial charge >= 0.3 is 0 Å². The predicted octanol–water partition coefficient (Wildman–Crippen LogP) is 5.03. The number of nitrogens with zero attached hydrogens (tertiary/aromatic N) is 1. The number of hydrogen-bond donors (Lipinski definition) is 1. The largest absolute Gasteiger partial charge is 0.494 e. The zero-order chi connectivity index (χ0) is 23.1. The van der Waals surface area contributed by atoms with Crippen LogP contribution in [0.4, 0.5) is 11.4 Å². The fraction of sp³-hybridized carbons (Fsp3) is 0.208. The molecule has 1 N–H and O–H groups in total. The standard InChI is InChI=1S/C24H26N2O4S2/c1-4-30-21-15-13-20(14-16-21)26(32(3,28)29)17-18-9-11-19(12-10-18)24(27)25-22-7-5-6-8-23(22)31-2/h5-16H,4,17H2,1-3H3,(H,25,27). The minimum Gasteiger partial charge on any atom is -0.494 e. The molecule has 0 aliphatic rings. The monoisotopic (exact) mass is 470 g/mol. The molecule has 6 nitrogen and oxygen atoms in total. The summed E-state index contributed by atoms with van der Waals surface area (Å²) in [7, 11) is -3.51. The third-order valence-electron chi connectivity index (χ3n) is 4.73. The maximum absolute atomic E-state index is 12.6. The number of hydrogen-bond acceptors (Lipinski definition) is 5. The first-order chi connectivity index (χ1) is 15.3. The van der Waals surface area contributed by atoms with Crippen LogP contribution in [0.3, 0.4) is 0 Å². The van der Waals surface area contributed by atoms with Crippen molar-refractivity contribution in [1.82, 2.24) is 0 Å². The van der Waals surface area contributed by atoms with Crippen molar-refractivity contribution in [1.29, 1.82) is 0 Å². The molecule has 0 fully saturated rings. The highest BCUT2D eigenvalue weighted by Gasteiger charge is 2.18. The van der Waals surface area contributed by atoms with E-state index in [0.29, 0.717) is 23.6 Å². The highest BCUT2D eigenvalue weighted by atomic mass is 32.2. The third kappa shape index (κ3) is 6.05. The summed E-state index contributed by atoms with van der Waals surface area (Å²) in [5.74, 6) is 0.465. The molecular formula is C24H26N2O4S2. The summed E-state index contributed by atoms with van der Waals surface area (Å²) in [6.45, 7) is 2.59. The topological polar surface area (TPSA) is 75.7 Å². The minimum absolute atomic E-state index is 0.157. The van der Waals surface area contributed by atoms with Crippen LogP contribution in [-0.2, 0) is 16.6 Å². The van der Waals surface area contributed by atoms with Crippen LogP contribution >= 0.6 is 11.8 Å². The second kappa shape index (κ2) is 10.6. The summed E-state index contributed by atoms with van der Waals surface area (Å²) < 4.78 is 31.6. The van der Waals surface area contributed by atoms with Gasteiger partial charge in [0.15, 0.2) is 0 Å². The van der Waals surface area contributed by atoms with Crippen molar-refractivity contribution in [2.45, 2.75) is 18.4 Å². The first-order valence-electron chi connectivity index (χ1n) is 10.1. The van der Waals surface area contributed by atoms with Crippen LogP contribution in [0, 0.1) is 0 Å². The van der Waals surface area contributed by atoms with E-state index in [1.807, 2.05) is 37.4 Å². The molecule has 0 aliphatic carbocycles. The molecule has 0 bridgehead atoms. The van der Waals surface area contributed by atoms with Crippen LogP contribution in [0.25, 0.3) is 0 Å². The summed E-state index contributed by atoms with van der Waals surface area (Å²) in [4.78, 5) is 13.6. The van der Waals surface area contributed by atoms with Gasteiger partial charge in [-0.3, -0.25) is 9.10 Å². The molecule has 8 heteroatoms. The Morgan fingerprint density at radius 1 is 1.00 bits per heavy atom. The molecule has 1 amide bonds. The number of carbonyl (C=O) groups is 1. The third-order valence-corrected chi connectivity index (χ3v) is 6.67. The minimum atomic E-state index is -3.51. The van der Waals surface area contributed by atoms with E-state index in [1.165, 1.54) is 10.6 Å². The Morgan fingerprint density at radius 3 is 2.25 bits per heavy atom. The summed E-state index contributed by atoms with van der Waals surface area (Å²) >= 11 is 1.56. The van der Waals surface area contributed by atoms with Gasteiger partial charge in [-0.15, -0.1) is 11.8 Å². The van der Waals surface area contributed by atoms with Gasteiger partial charge < -0.3 is 10.1 Å². The molecular weight excluding hydrogens is 444 g/mol. The Balaban J connectivity index is 1.75. The van der Waals surface area contributed by atoms with Gasteiger partial charge in [-0.05, 0) is 67.3 Å². The van der Waals surface area contributed by atoms with E-state index in [2.05, 4.69) is 5.32 Å². The van der Waals surface area contributed by atoms with Crippen molar-refractivity contribution in [2.24, 2.45) is 0 Å². The van der Waals surface area contributed by atoms with Gasteiger partial charge in [-0.2, -0.15) is 0 Å². The Kier molecular flexibility index (Phi) is 7.82. The van der Waals surface area contributed by atoms with Crippen LogP contribution in [0.1, 0.15) is 22.8 Å². The number of ether oxygens (including phenoxy) is 1. The van der Waals surface area contributed by atoms with Crippen molar-refractivity contribution in [3.63, 3.8) is 0 Å². The Hall–Kier alpha value is -2.97. The first kappa shape index (κ1) is 23.7. The quantitative estimate of drug-likeness (QED) is 0.444. The molecule has 0 aromatic heterocycles. The Bertz CT molecular complexity index is 1160. The molecule has 3 aromatic carbocycles. The van der Waals surface area contributed by atoms with Crippen molar-refractivity contribution in [2.75, 3.05) is 28.7 Å². The SMILES string of the molecule is CCOc1ccc(N(Cc2ccc(C(=O)Nc3ccccc3SC)cc2)S(C)(=O)=O)cc1. The predicted molar refractivity (Wildman–Crippen MR) is 131 cm³/mol. The fourth-order valence-corrected chi connectivity index (χ4v) is 4.59. The van der Waals surface area contributed by atoms with E-state index in [0.717, 1.165) is 16.1 Å². The van der Waals surface area contributed by atoms with Gasteiger partial charge in [0.1, 0.15) is 5.75 Å². The van der Waals surface area contributed by atoms with Crippen molar-refractivity contribution < 1.29 is 17.9 Å². The molecule has 0 atom stereocenters. The summed E-state index contributed by atoms with van der Waals surface area (Å²) in [5.41, 5.74) is 2.57. The highest BCUT2D eigenvalue weighted by Crippen LogP contribution is 2.26. The maximum atomic E-state index is 12.6. The number of sulfonamides is 1. The maximum Gasteiger partial charge on any atom is 0.255 e. The number of thioether (sulfide) groups is 1. The lowest BCUT2D eigenvalue weighted by Gasteiger charge is -2.23. The van der Waals surface area contributed by atoms with Crippen LogP contribution in [0.5, 0.6) is 5.75 Å². The molecule has 0 heterocycles. The number of rotatable bonds is 9. The van der Waals surface area contributed by atoms with Crippen molar-refractivity contribution in [3.8, 4) is 5.75 Å². The lowest BCUT2D eigenvalue weighted by Crippen LogP contribution is -2.29. The number of nitrogens with one attached hydrogen (secondary N) is 1. The molecule has 0 unspecified atom stereocenters. The number of carbonyl (C=O) groups excluding carboxylic acids is 1. The van der Waals surface area contributed by atoms with Gasteiger partial charge in [0.25, 0.3) is 5.91 Å².